The molecule has 0 radical (unpaired) electrons. The van der Waals surface area contributed by atoms with E-state index >= 15 is 0 Å². The molecule has 8 heteroatoms. The van der Waals surface area contributed by atoms with Crippen molar-refractivity contribution in [2.45, 2.75) is 62.8 Å². The Balaban J connectivity index is 1.48. The summed E-state index contributed by atoms with van der Waals surface area (Å²) in [4.78, 5) is 44.9. The molecule has 2 aromatic rings. The van der Waals surface area contributed by atoms with Gasteiger partial charge in [0, 0.05) is 12.2 Å². The zero-order chi connectivity index (χ0) is 28.4. The predicted octanol–water partition coefficient (Wildman–Crippen LogP) is 4.01. The predicted molar refractivity (Wildman–Crippen MR) is 153 cm³/mol. The first-order valence-electron chi connectivity index (χ1n) is 14.2. The summed E-state index contributed by atoms with van der Waals surface area (Å²) in [5, 5.41) is 12.1. The maximum Gasteiger partial charge on any atom is 0.312 e. The number of carbonyl (C=O) groups excluding carboxylic acids is 3. The third-order valence-corrected chi connectivity index (χ3v) is 8.65. The number of hydrogen-bond acceptors (Lipinski definition) is 6. The van der Waals surface area contributed by atoms with Gasteiger partial charge in [0.1, 0.15) is 11.6 Å². The van der Waals surface area contributed by atoms with Crippen LogP contribution in [0, 0.1) is 11.8 Å². The number of anilines is 1. The zero-order valence-electron chi connectivity index (χ0n) is 23.0. The van der Waals surface area contributed by atoms with Crippen LogP contribution in [0.15, 0.2) is 67.8 Å². The molecule has 3 saturated heterocycles. The van der Waals surface area contributed by atoms with Crippen molar-refractivity contribution in [1.29, 1.82) is 0 Å². The fourth-order valence-corrected chi connectivity index (χ4v) is 6.80. The van der Waals surface area contributed by atoms with E-state index in [-0.39, 0.29) is 31.6 Å². The van der Waals surface area contributed by atoms with Gasteiger partial charge in [-0.2, -0.15) is 0 Å². The van der Waals surface area contributed by atoms with E-state index in [2.05, 4.69) is 13.2 Å². The van der Waals surface area contributed by atoms with Gasteiger partial charge in [0.15, 0.2) is 0 Å². The Morgan fingerprint density at radius 1 is 1.20 bits per heavy atom. The van der Waals surface area contributed by atoms with Crippen molar-refractivity contribution in [2.75, 3.05) is 24.7 Å². The number of amides is 2. The summed E-state index contributed by atoms with van der Waals surface area (Å²) in [6.07, 6.45) is 6.44. The lowest BCUT2D eigenvalue weighted by Crippen LogP contribution is -2.58. The topological polar surface area (TPSA) is 96.4 Å². The van der Waals surface area contributed by atoms with Crippen LogP contribution in [0.4, 0.5) is 5.69 Å². The van der Waals surface area contributed by atoms with Crippen molar-refractivity contribution >= 4 is 34.2 Å². The summed E-state index contributed by atoms with van der Waals surface area (Å²) in [6, 6.07) is 12.1. The quantitative estimate of drug-likeness (QED) is 0.246. The van der Waals surface area contributed by atoms with Gasteiger partial charge in [0.05, 0.1) is 37.2 Å². The number of benzene rings is 2. The van der Waals surface area contributed by atoms with Gasteiger partial charge in [0.25, 0.3) is 5.91 Å². The third-order valence-electron chi connectivity index (χ3n) is 8.65. The van der Waals surface area contributed by atoms with Crippen molar-refractivity contribution in [3.63, 3.8) is 0 Å². The highest BCUT2D eigenvalue weighted by molar-refractivity contribution is 6.05. The van der Waals surface area contributed by atoms with Crippen molar-refractivity contribution in [1.82, 2.24) is 4.90 Å². The minimum Gasteiger partial charge on any atom is -0.465 e. The van der Waals surface area contributed by atoms with Gasteiger partial charge in [-0.05, 0) is 61.9 Å². The number of aliphatic hydroxyl groups excluding tert-OH is 1. The summed E-state index contributed by atoms with van der Waals surface area (Å²) >= 11 is 0. The summed E-state index contributed by atoms with van der Waals surface area (Å²) in [7, 11) is 0. The fourth-order valence-electron chi connectivity index (χ4n) is 6.80. The van der Waals surface area contributed by atoms with Crippen LogP contribution in [0.2, 0.25) is 0 Å². The SMILES string of the molecule is C=CCCCCOC(=O)[C@@H]1[C@@H]2CCC3(O2)C(C(=O)N(CC=C)c2ccc4ccccc4c2)N([C@H](C)CO)C(=O)[C@H]13. The maximum atomic E-state index is 14.5. The van der Waals surface area contributed by atoms with E-state index in [1.165, 1.54) is 4.90 Å². The second kappa shape index (κ2) is 11.6. The number of unbranched alkanes of at least 4 members (excludes halogenated alkanes) is 2. The van der Waals surface area contributed by atoms with E-state index in [9.17, 15) is 19.5 Å². The summed E-state index contributed by atoms with van der Waals surface area (Å²) in [5.41, 5.74) is -0.485. The van der Waals surface area contributed by atoms with E-state index in [4.69, 9.17) is 9.47 Å². The van der Waals surface area contributed by atoms with Gasteiger partial charge in [-0.3, -0.25) is 14.4 Å². The highest BCUT2D eigenvalue weighted by atomic mass is 16.6. The number of esters is 1. The number of aliphatic hydroxyl groups is 1. The fraction of sp³-hybridized carbons (Fsp3) is 0.469. The largest absolute Gasteiger partial charge is 0.465 e. The minimum atomic E-state index is -1.16. The van der Waals surface area contributed by atoms with E-state index in [1.807, 2.05) is 48.5 Å². The van der Waals surface area contributed by atoms with Crippen LogP contribution in [0.25, 0.3) is 10.8 Å². The molecule has 0 saturated carbocycles. The van der Waals surface area contributed by atoms with Gasteiger partial charge in [0.2, 0.25) is 5.91 Å². The van der Waals surface area contributed by atoms with Crippen molar-refractivity contribution in [3.8, 4) is 0 Å². The Hall–Kier alpha value is -3.49. The lowest BCUT2D eigenvalue weighted by molar-refractivity contribution is -0.155. The Labute approximate surface area is 235 Å². The standard InChI is InChI=1S/C32H38N2O6/c1-4-6-7-10-18-39-31(38)26-25-15-16-32(40-25)27(26)29(36)34(21(3)20-35)28(32)30(37)33(17-5-2)24-14-13-22-11-8-9-12-23(22)19-24/h4-5,8-9,11-14,19,21,25-28,35H,1-2,6-7,10,15-18,20H2,3H3/t21-,25+,26-,27+,28?,32?/m1/s1. The lowest BCUT2D eigenvalue weighted by atomic mass is 9.70. The summed E-state index contributed by atoms with van der Waals surface area (Å²) < 4.78 is 12.1. The van der Waals surface area contributed by atoms with Gasteiger partial charge < -0.3 is 24.4 Å². The number of hydrogen-bond donors (Lipinski definition) is 1. The number of nitrogens with zero attached hydrogens (tertiary/aromatic N) is 2. The summed E-state index contributed by atoms with van der Waals surface area (Å²) in [6.45, 7) is 9.45. The maximum absolute atomic E-state index is 14.5. The van der Waals surface area contributed by atoms with E-state index < -0.39 is 41.6 Å². The third kappa shape index (κ3) is 4.63. The van der Waals surface area contributed by atoms with Crippen LogP contribution < -0.4 is 4.90 Å². The second-order valence-corrected chi connectivity index (χ2v) is 11.1. The van der Waals surface area contributed by atoms with Crippen LogP contribution in [-0.2, 0) is 23.9 Å². The molecule has 2 unspecified atom stereocenters. The molecule has 0 aliphatic carbocycles. The first-order chi connectivity index (χ1) is 19.4. The highest BCUT2D eigenvalue weighted by Crippen LogP contribution is 2.59. The molecule has 5 rings (SSSR count). The molecule has 8 nitrogen and oxygen atoms in total. The molecule has 212 valence electrons. The number of allylic oxidation sites excluding steroid dienone is 1. The molecule has 40 heavy (non-hydrogen) atoms. The average molecular weight is 547 g/mol. The Morgan fingerprint density at radius 3 is 2.70 bits per heavy atom. The highest BCUT2D eigenvalue weighted by Gasteiger charge is 2.75. The number of fused-ring (bicyclic) bond motifs is 2. The van der Waals surface area contributed by atoms with Crippen molar-refractivity contribution in [3.05, 3.63) is 67.8 Å². The Bertz CT molecular complexity index is 1310. The summed E-state index contributed by atoms with van der Waals surface area (Å²) in [5.74, 6) is -2.72. The number of carbonyl (C=O) groups is 3. The van der Waals surface area contributed by atoms with Gasteiger partial charge >= 0.3 is 5.97 Å². The number of likely N-dealkylation sites (tertiary alicyclic amines) is 1. The van der Waals surface area contributed by atoms with Crippen molar-refractivity contribution < 1.29 is 29.0 Å². The Morgan fingerprint density at radius 2 is 1.98 bits per heavy atom. The molecule has 1 spiro atoms. The first kappa shape index (κ1) is 28.1. The molecule has 3 heterocycles. The average Bonchev–Trinajstić information content (AvgIpc) is 3.62. The number of rotatable bonds is 12. The number of ether oxygens (including phenoxy) is 2. The molecular weight excluding hydrogens is 508 g/mol. The molecule has 1 N–H and O–H groups in total. The van der Waals surface area contributed by atoms with Gasteiger partial charge in [-0.25, -0.2) is 0 Å². The second-order valence-electron chi connectivity index (χ2n) is 11.1. The molecule has 2 bridgehead atoms. The van der Waals surface area contributed by atoms with E-state index in [1.54, 1.807) is 17.9 Å². The molecule has 2 amide bonds. The first-order valence-corrected chi connectivity index (χ1v) is 14.2. The van der Waals surface area contributed by atoms with E-state index in [0.717, 1.165) is 23.6 Å². The van der Waals surface area contributed by atoms with Gasteiger partial charge in [-0.15, -0.1) is 13.2 Å². The zero-order valence-corrected chi connectivity index (χ0v) is 23.0. The van der Waals surface area contributed by atoms with Crippen LogP contribution in [0.3, 0.4) is 0 Å². The van der Waals surface area contributed by atoms with Crippen LogP contribution in [0.5, 0.6) is 0 Å². The molecular formula is C32H38N2O6. The molecule has 3 aliphatic rings. The molecule has 2 aromatic carbocycles. The van der Waals surface area contributed by atoms with Crippen LogP contribution in [-0.4, -0.2) is 71.3 Å². The smallest absolute Gasteiger partial charge is 0.312 e. The molecule has 3 aliphatic heterocycles. The van der Waals surface area contributed by atoms with Crippen LogP contribution >= 0.6 is 0 Å². The lowest BCUT2D eigenvalue weighted by Gasteiger charge is -2.38. The van der Waals surface area contributed by atoms with Crippen molar-refractivity contribution in [2.24, 2.45) is 11.8 Å². The minimum absolute atomic E-state index is 0.226. The monoisotopic (exact) mass is 546 g/mol. The normalized spacial score (nSPS) is 27.4. The van der Waals surface area contributed by atoms with Crippen LogP contribution in [0.1, 0.15) is 39.0 Å². The molecule has 3 fully saturated rings. The Kier molecular flexibility index (Phi) is 8.10. The van der Waals surface area contributed by atoms with Gasteiger partial charge in [-0.1, -0.05) is 42.5 Å². The van der Waals surface area contributed by atoms with E-state index in [0.29, 0.717) is 24.9 Å². The molecule has 0 aromatic heterocycles. The molecule has 6 atom stereocenters.